The molecule has 76 valence electrons. The van der Waals surface area contributed by atoms with E-state index >= 15 is 0 Å². The fourth-order valence-electron chi connectivity index (χ4n) is 1.19. The Hall–Kier alpha value is -0.560. The summed E-state index contributed by atoms with van der Waals surface area (Å²) in [4.78, 5) is 0. The number of hydrogen-bond acceptors (Lipinski definition) is 1. The lowest BCUT2D eigenvalue weighted by Crippen LogP contribution is -1.82. The smallest absolute Gasteiger partial charge is 0.0431 e. The minimum atomic E-state index is 0.348. The molecule has 0 atom stereocenters. The molecule has 0 saturated heterocycles. The van der Waals surface area contributed by atoms with E-state index < -0.39 is 0 Å². The van der Waals surface area contributed by atoms with Gasteiger partial charge in [0.05, 0.1) is 0 Å². The highest BCUT2D eigenvalue weighted by Crippen LogP contribution is 2.05. The lowest BCUT2D eigenvalue weighted by Gasteiger charge is -1.96. The van der Waals surface area contributed by atoms with Crippen LogP contribution in [0.4, 0.5) is 0 Å². The Bertz CT molecular complexity index is 136. The Morgan fingerprint density at radius 1 is 0.923 bits per heavy atom. The molecule has 0 rings (SSSR count). The van der Waals surface area contributed by atoms with Crippen molar-refractivity contribution in [2.45, 2.75) is 45.4 Å². The van der Waals surface area contributed by atoms with Gasteiger partial charge in [-0.25, -0.2) is 0 Å². The van der Waals surface area contributed by atoms with Crippen LogP contribution in [0.5, 0.6) is 0 Å². The van der Waals surface area contributed by atoms with Crippen LogP contribution in [0.15, 0.2) is 24.3 Å². The maximum atomic E-state index is 8.55. The molecule has 1 N–H and O–H groups in total. The van der Waals surface area contributed by atoms with E-state index in [1.807, 2.05) is 13.0 Å². The van der Waals surface area contributed by atoms with Crippen molar-refractivity contribution in [1.29, 1.82) is 0 Å². The topological polar surface area (TPSA) is 20.2 Å². The molecule has 0 aliphatic heterocycles. The summed E-state index contributed by atoms with van der Waals surface area (Å²) in [5.41, 5.74) is 0. The summed E-state index contributed by atoms with van der Waals surface area (Å²) in [5, 5.41) is 8.55. The Morgan fingerprint density at radius 3 is 2.31 bits per heavy atom. The first kappa shape index (κ1) is 12.4. The quantitative estimate of drug-likeness (QED) is 0.450. The van der Waals surface area contributed by atoms with Crippen LogP contribution in [-0.4, -0.2) is 11.7 Å². The van der Waals surface area contributed by atoms with Gasteiger partial charge in [0, 0.05) is 6.61 Å². The van der Waals surface area contributed by atoms with Gasteiger partial charge in [0.1, 0.15) is 0 Å². The van der Waals surface area contributed by atoms with E-state index in [2.05, 4.69) is 18.2 Å². The first-order valence-corrected chi connectivity index (χ1v) is 5.30. The molecule has 0 aromatic heterocycles. The Kier molecular flexibility index (Phi) is 10.9. The molecule has 0 aromatic carbocycles. The van der Waals surface area contributed by atoms with E-state index in [1.165, 1.54) is 32.1 Å². The molecule has 0 spiro atoms. The van der Waals surface area contributed by atoms with Crippen LogP contribution >= 0.6 is 0 Å². The molecule has 0 aliphatic rings. The van der Waals surface area contributed by atoms with Gasteiger partial charge in [-0.3, -0.25) is 0 Å². The van der Waals surface area contributed by atoms with E-state index in [4.69, 9.17) is 5.11 Å². The van der Waals surface area contributed by atoms with Gasteiger partial charge >= 0.3 is 0 Å². The molecule has 0 amide bonds. The number of allylic oxidation sites excluding steroid dienone is 4. The molecule has 0 fully saturated rings. The van der Waals surface area contributed by atoms with Crippen LogP contribution in [-0.2, 0) is 0 Å². The monoisotopic (exact) mass is 182 g/mol. The first-order chi connectivity index (χ1) is 6.41. The highest BCUT2D eigenvalue weighted by Gasteiger charge is 1.87. The van der Waals surface area contributed by atoms with Crippen molar-refractivity contribution < 1.29 is 5.11 Å². The highest BCUT2D eigenvalue weighted by molar-refractivity contribution is 5.00. The SMILES string of the molecule is CC=C/C=C/CCCCCCCO. The second kappa shape index (κ2) is 11.4. The molecular formula is C12H22O. The standard InChI is InChI=1S/C12H22O/c1-2-3-4-5-6-7-8-9-10-11-12-13/h2-5,13H,6-12H2,1H3/b3-2?,5-4+. The normalized spacial score (nSPS) is 11.8. The molecule has 0 bridgehead atoms. The minimum absolute atomic E-state index is 0.348. The summed E-state index contributed by atoms with van der Waals surface area (Å²) in [6.45, 7) is 2.38. The largest absolute Gasteiger partial charge is 0.396 e. The third kappa shape index (κ3) is 11.4. The van der Waals surface area contributed by atoms with Gasteiger partial charge in [0.15, 0.2) is 0 Å². The number of unbranched alkanes of at least 4 members (excludes halogenated alkanes) is 5. The second-order valence-corrected chi connectivity index (χ2v) is 3.23. The maximum absolute atomic E-state index is 8.55. The van der Waals surface area contributed by atoms with E-state index in [9.17, 15) is 0 Å². The van der Waals surface area contributed by atoms with Crippen molar-refractivity contribution in [3.63, 3.8) is 0 Å². The van der Waals surface area contributed by atoms with Gasteiger partial charge in [0.25, 0.3) is 0 Å². The third-order valence-corrected chi connectivity index (χ3v) is 1.97. The van der Waals surface area contributed by atoms with Gasteiger partial charge in [-0.15, -0.1) is 0 Å². The molecule has 0 radical (unpaired) electrons. The average molecular weight is 182 g/mol. The zero-order valence-corrected chi connectivity index (χ0v) is 8.71. The van der Waals surface area contributed by atoms with Crippen LogP contribution in [0, 0.1) is 0 Å². The molecule has 0 aromatic rings. The summed E-state index contributed by atoms with van der Waals surface area (Å²) >= 11 is 0. The van der Waals surface area contributed by atoms with Gasteiger partial charge in [-0.05, 0) is 26.2 Å². The van der Waals surface area contributed by atoms with Gasteiger partial charge in [-0.1, -0.05) is 43.6 Å². The Morgan fingerprint density at radius 2 is 1.62 bits per heavy atom. The summed E-state index contributed by atoms with van der Waals surface area (Å²) in [7, 11) is 0. The summed E-state index contributed by atoms with van der Waals surface area (Å²) < 4.78 is 0. The summed E-state index contributed by atoms with van der Waals surface area (Å²) in [6.07, 6.45) is 15.6. The van der Waals surface area contributed by atoms with E-state index in [-0.39, 0.29) is 0 Å². The van der Waals surface area contributed by atoms with E-state index in [0.717, 1.165) is 6.42 Å². The first-order valence-electron chi connectivity index (χ1n) is 5.30. The van der Waals surface area contributed by atoms with Crippen LogP contribution < -0.4 is 0 Å². The van der Waals surface area contributed by atoms with Crippen LogP contribution in [0.2, 0.25) is 0 Å². The lowest BCUT2D eigenvalue weighted by molar-refractivity contribution is 0.282. The van der Waals surface area contributed by atoms with Crippen molar-refractivity contribution in [2.24, 2.45) is 0 Å². The van der Waals surface area contributed by atoms with Crippen molar-refractivity contribution >= 4 is 0 Å². The van der Waals surface area contributed by atoms with Gasteiger partial charge in [-0.2, -0.15) is 0 Å². The second-order valence-electron chi connectivity index (χ2n) is 3.23. The van der Waals surface area contributed by atoms with E-state index in [1.54, 1.807) is 0 Å². The van der Waals surface area contributed by atoms with Crippen molar-refractivity contribution in [3.8, 4) is 0 Å². The predicted octanol–water partition coefficient (Wildman–Crippen LogP) is 3.45. The fourth-order valence-corrected chi connectivity index (χ4v) is 1.19. The van der Waals surface area contributed by atoms with E-state index in [0.29, 0.717) is 6.61 Å². The van der Waals surface area contributed by atoms with Crippen molar-refractivity contribution in [3.05, 3.63) is 24.3 Å². The van der Waals surface area contributed by atoms with Crippen LogP contribution in [0.25, 0.3) is 0 Å². The van der Waals surface area contributed by atoms with Crippen LogP contribution in [0.3, 0.4) is 0 Å². The predicted molar refractivity (Wildman–Crippen MR) is 58.7 cm³/mol. The molecular weight excluding hydrogens is 160 g/mol. The molecule has 0 unspecified atom stereocenters. The maximum Gasteiger partial charge on any atom is 0.0431 e. The molecule has 0 saturated carbocycles. The van der Waals surface area contributed by atoms with Gasteiger partial charge < -0.3 is 5.11 Å². The summed E-state index contributed by atoms with van der Waals surface area (Å²) in [5.74, 6) is 0. The van der Waals surface area contributed by atoms with Crippen molar-refractivity contribution in [2.75, 3.05) is 6.61 Å². The minimum Gasteiger partial charge on any atom is -0.396 e. The number of hydrogen-bond donors (Lipinski definition) is 1. The summed E-state index contributed by atoms with van der Waals surface area (Å²) in [6, 6.07) is 0. The number of aliphatic hydroxyl groups excluding tert-OH is 1. The fraction of sp³-hybridized carbons (Fsp3) is 0.667. The zero-order valence-electron chi connectivity index (χ0n) is 8.71. The van der Waals surface area contributed by atoms with Crippen molar-refractivity contribution in [1.82, 2.24) is 0 Å². The molecule has 1 heteroatoms. The number of rotatable bonds is 8. The molecule has 1 nitrogen and oxygen atoms in total. The molecule has 13 heavy (non-hydrogen) atoms. The molecule has 0 aliphatic carbocycles. The zero-order chi connectivity index (χ0) is 9.78. The Balaban J connectivity index is 2.99. The van der Waals surface area contributed by atoms with Crippen LogP contribution in [0.1, 0.15) is 45.4 Å². The van der Waals surface area contributed by atoms with Gasteiger partial charge in [0.2, 0.25) is 0 Å². The number of aliphatic hydroxyl groups is 1. The average Bonchev–Trinajstić information content (AvgIpc) is 2.16. The molecule has 0 heterocycles. The Labute approximate surface area is 82.2 Å². The third-order valence-electron chi connectivity index (χ3n) is 1.97. The lowest BCUT2D eigenvalue weighted by atomic mass is 10.1. The highest BCUT2D eigenvalue weighted by atomic mass is 16.2.